The van der Waals surface area contributed by atoms with E-state index in [2.05, 4.69) is 10.3 Å². The molecule has 0 spiro atoms. The lowest BCUT2D eigenvalue weighted by molar-refractivity contribution is -0.119. The minimum Gasteiger partial charge on any atom is -0.443 e. The Morgan fingerprint density at radius 3 is 2.43 bits per heavy atom. The molecule has 2 aromatic rings. The van der Waals surface area contributed by atoms with Crippen LogP contribution in [0, 0.1) is 17.6 Å². The number of amides is 1. The van der Waals surface area contributed by atoms with Crippen molar-refractivity contribution in [3.63, 3.8) is 0 Å². The van der Waals surface area contributed by atoms with Crippen molar-refractivity contribution in [1.82, 2.24) is 10.3 Å². The number of primary amides is 1. The van der Waals surface area contributed by atoms with Gasteiger partial charge in [0.2, 0.25) is 11.8 Å². The lowest BCUT2D eigenvalue weighted by Gasteiger charge is -2.24. The molecular formula is C22H29F2N3O3. The smallest absolute Gasteiger partial charge is 0.217 e. The Balaban J connectivity index is 1.67. The van der Waals surface area contributed by atoms with Crippen molar-refractivity contribution in [2.45, 2.75) is 63.5 Å². The van der Waals surface area contributed by atoms with Gasteiger partial charge in [-0.15, -0.1) is 0 Å². The Bertz CT molecular complexity index is 883. The lowest BCUT2D eigenvalue weighted by atomic mass is 9.90. The number of halogens is 2. The van der Waals surface area contributed by atoms with Gasteiger partial charge in [-0.3, -0.25) is 4.79 Å². The Kier molecular flexibility index (Phi) is 6.29. The van der Waals surface area contributed by atoms with Crippen LogP contribution >= 0.6 is 0 Å². The highest BCUT2D eigenvalue weighted by Crippen LogP contribution is 2.45. The summed E-state index contributed by atoms with van der Waals surface area (Å²) in [6, 6.07) is 3.17. The van der Waals surface area contributed by atoms with E-state index in [1.54, 1.807) is 6.20 Å². The van der Waals surface area contributed by atoms with E-state index in [0.717, 1.165) is 24.7 Å². The largest absolute Gasteiger partial charge is 0.443 e. The van der Waals surface area contributed by atoms with Crippen molar-refractivity contribution in [3.05, 3.63) is 53.2 Å². The van der Waals surface area contributed by atoms with E-state index in [0.29, 0.717) is 11.5 Å². The number of rotatable bonds is 9. The average molecular weight is 421 g/mol. The quantitative estimate of drug-likeness (QED) is 0.578. The molecular weight excluding hydrogens is 392 g/mol. The second-order valence-corrected chi connectivity index (χ2v) is 9.22. The van der Waals surface area contributed by atoms with Gasteiger partial charge in [-0.25, -0.2) is 13.8 Å². The SMILES string of the molecule is CC(C)(C)c1cnc(C2(NCC(O)C(CC(N)=O)Cc3cc(F)cc(F)c3)CC2)o1. The fraction of sp³-hybridized carbons (Fsp3) is 0.545. The van der Waals surface area contributed by atoms with Crippen molar-refractivity contribution < 1.29 is 23.1 Å². The Morgan fingerprint density at radius 1 is 1.30 bits per heavy atom. The van der Waals surface area contributed by atoms with E-state index in [1.165, 1.54) is 12.1 Å². The molecule has 164 valence electrons. The molecule has 1 saturated carbocycles. The van der Waals surface area contributed by atoms with Gasteiger partial charge in [0.05, 0.1) is 17.8 Å². The summed E-state index contributed by atoms with van der Waals surface area (Å²) in [6.45, 7) is 6.29. The Labute approximate surface area is 174 Å². The number of oxazole rings is 1. The summed E-state index contributed by atoms with van der Waals surface area (Å²) in [7, 11) is 0. The molecule has 0 bridgehead atoms. The number of hydrogen-bond donors (Lipinski definition) is 3. The van der Waals surface area contributed by atoms with Crippen LogP contribution in [0.4, 0.5) is 8.78 Å². The molecule has 1 amide bonds. The second-order valence-electron chi connectivity index (χ2n) is 9.22. The number of hydrogen-bond acceptors (Lipinski definition) is 5. The summed E-state index contributed by atoms with van der Waals surface area (Å²) >= 11 is 0. The molecule has 1 aromatic heterocycles. The fourth-order valence-electron chi connectivity index (χ4n) is 3.53. The summed E-state index contributed by atoms with van der Waals surface area (Å²) in [5.41, 5.74) is 5.10. The zero-order chi connectivity index (χ0) is 22.1. The molecule has 1 aromatic carbocycles. The number of benzene rings is 1. The van der Waals surface area contributed by atoms with Crippen LogP contribution in [0.1, 0.15) is 57.2 Å². The molecule has 4 N–H and O–H groups in total. The van der Waals surface area contributed by atoms with Gasteiger partial charge in [0.1, 0.15) is 17.4 Å². The van der Waals surface area contributed by atoms with Crippen LogP contribution in [0.25, 0.3) is 0 Å². The lowest BCUT2D eigenvalue weighted by Crippen LogP contribution is -2.40. The van der Waals surface area contributed by atoms with Crippen LogP contribution < -0.4 is 11.1 Å². The second kappa shape index (κ2) is 8.43. The first kappa shape index (κ1) is 22.4. The van der Waals surface area contributed by atoms with Crippen LogP contribution in [0.3, 0.4) is 0 Å². The molecule has 2 unspecified atom stereocenters. The number of nitrogens with one attached hydrogen (secondary N) is 1. The minimum atomic E-state index is -0.946. The van der Waals surface area contributed by atoms with Crippen LogP contribution in [0.2, 0.25) is 0 Å². The third-order valence-electron chi connectivity index (χ3n) is 5.48. The summed E-state index contributed by atoms with van der Waals surface area (Å²) < 4.78 is 33.0. The van der Waals surface area contributed by atoms with Crippen LogP contribution in [0.5, 0.6) is 0 Å². The number of carbonyl (C=O) groups is 1. The molecule has 1 fully saturated rings. The van der Waals surface area contributed by atoms with Gasteiger partial charge in [-0.05, 0) is 42.9 Å². The van der Waals surface area contributed by atoms with Crippen molar-refractivity contribution in [2.75, 3.05) is 6.54 Å². The van der Waals surface area contributed by atoms with Crippen LogP contribution in [-0.2, 0) is 22.2 Å². The number of aliphatic hydroxyl groups is 1. The van der Waals surface area contributed by atoms with Crippen molar-refractivity contribution in [2.24, 2.45) is 11.7 Å². The molecule has 1 aliphatic carbocycles. The van der Waals surface area contributed by atoms with E-state index < -0.39 is 35.1 Å². The Morgan fingerprint density at radius 2 is 1.93 bits per heavy atom. The first-order valence-electron chi connectivity index (χ1n) is 10.1. The molecule has 0 aliphatic heterocycles. The molecule has 1 heterocycles. The summed E-state index contributed by atoms with van der Waals surface area (Å²) in [5, 5.41) is 14.0. The molecule has 6 nitrogen and oxygen atoms in total. The van der Waals surface area contributed by atoms with Crippen molar-refractivity contribution in [3.8, 4) is 0 Å². The van der Waals surface area contributed by atoms with Gasteiger partial charge >= 0.3 is 0 Å². The van der Waals surface area contributed by atoms with Gasteiger partial charge in [0, 0.05) is 24.4 Å². The molecule has 0 saturated heterocycles. The van der Waals surface area contributed by atoms with E-state index in [9.17, 15) is 18.7 Å². The number of aromatic nitrogens is 1. The van der Waals surface area contributed by atoms with E-state index in [1.807, 2.05) is 20.8 Å². The number of nitrogens with zero attached hydrogens (tertiary/aromatic N) is 1. The molecule has 1 aliphatic rings. The number of carbonyl (C=O) groups excluding carboxylic acids is 1. The highest BCUT2D eigenvalue weighted by molar-refractivity contribution is 5.74. The fourth-order valence-corrected chi connectivity index (χ4v) is 3.53. The minimum absolute atomic E-state index is 0.0961. The van der Waals surface area contributed by atoms with Crippen LogP contribution in [0.15, 0.2) is 28.8 Å². The maximum absolute atomic E-state index is 13.5. The van der Waals surface area contributed by atoms with Crippen molar-refractivity contribution >= 4 is 5.91 Å². The average Bonchev–Trinajstić information content (AvgIpc) is 3.22. The predicted octanol–water partition coefficient (Wildman–Crippen LogP) is 2.92. The highest BCUT2D eigenvalue weighted by Gasteiger charge is 2.49. The maximum Gasteiger partial charge on any atom is 0.217 e. The number of aliphatic hydroxyl groups excluding tert-OH is 1. The van der Waals surface area contributed by atoms with Crippen LogP contribution in [-0.4, -0.2) is 28.6 Å². The molecule has 0 radical (unpaired) electrons. The summed E-state index contributed by atoms with van der Waals surface area (Å²) in [5.74, 6) is -1.21. The van der Waals surface area contributed by atoms with Crippen molar-refractivity contribution in [1.29, 1.82) is 0 Å². The number of nitrogens with two attached hydrogens (primary N) is 1. The van der Waals surface area contributed by atoms with Gasteiger partial charge in [0.15, 0.2) is 0 Å². The molecule has 30 heavy (non-hydrogen) atoms. The first-order valence-corrected chi connectivity index (χ1v) is 10.1. The first-order chi connectivity index (χ1) is 14.0. The standard InChI is InChI=1S/C22H29F2N3O3/c1-21(2,3)18-12-26-20(30-18)22(4-5-22)27-11-17(28)14(9-19(25)29)6-13-7-15(23)10-16(24)8-13/h7-8,10,12,14,17,27-28H,4-6,9,11H2,1-3H3,(H2,25,29). The topological polar surface area (TPSA) is 101 Å². The third kappa shape index (κ3) is 5.43. The normalized spacial score (nSPS) is 17.5. The maximum atomic E-state index is 13.5. The summed E-state index contributed by atoms with van der Waals surface area (Å²) in [4.78, 5) is 15.9. The summed E-state index contributed by atoms with van der Waals surface area (Å²) in [6.07, 6.45) is 2.45. The van der Waals surface area contributed by atoms with Gasteiger partial charge in [-0.1, -0.05) is 20.8 Å². The van der Waals surface area contributed by atoms with Gasteiger partial charge < -0.3 is 20.6 Å². The molecule has 3 rings (SSSR count). The molecule has 2 atom stereocenters. The predicted molar refractivity (Wildman–Crippen MR) is 107 cm³/mol. The van der Waals surface area contributed by atoms with E-state index in [-0.39, 0.29) is 24.8 Å². The molecule has 8 heteroatoms. The monoisotopic (exact) mass is 421 g/mol. The van der Waals surface area contributed by atoms with E-state index >= 15 is 0 Å². The zero-order valence-electron chi connectivity index (χ0n) is 17.5. The van der Waals surface area contributed by atoms with Gasteiger partial charge in [-0.2, -0.15) is 0 Å². The van der Waals surface area contributed by atoms with E-state index in [4.69, 9.17) is 10.2 Å². The van der Waals surface area contributed by atoms with Gasteiger partial charge in [0.25, 0.3) is 0 Å². The zero-order valence-corrected chi connectivity index (χ0v) is 17.5. The third-order valence-corrected chi connectivity index (χ3v) is 5.48. The Hall–Kier alpha value is -2.32. The highest BCUT2D eigenvalue weighted by atomic mass is 19.1.